The number of ether oxygens (including phenoxy) is 2. The SMILES string of the molecule is COCC(=O)Nc1ccc([C@@H](O)[C@H]2COCC(=O)N2Cc2ccccc2F)cc1. The van der Waals surface area contributed by atoms with E-state index in [1.807, 2.05) is 0 Å². The molecule has 2 atom stereocenters. The summed E-state index contributed by atoms with van der Waals surface area (Å²) in [6.07, 6.45) is -1.03. The van der Waals surface area contributed by atoms with Crippen molar-refractivity contribution in [3.05, 3.63) is 65.5 Å². The quantitative estimate of drug-likeness (QED) is 0.738. The molecule has 1 saturated heterocycles. The highest BCUT2D eigenvalue weighted by Crippen LogP contribution is 2.27. The van der Waals surface area contributed by atoms with Gasteiger partial charge in [0.2, 0.25) is 11.8 Å². The van der Waals surface area contributed by atoms with Crippen molar-refractivity contribution in [3.8, 4) is 0 Å². The molecule has 0 radical (unpaired) electrons. The minimum Gasteiger partial charge on any atom is -0.386 e. The summed E-state index contributed by atoms with van der Waals surface area (Å²) in [6, 6.07) is 12.2. The van der Waals surface area contributed by atoms with Gasteiger partial charge >= 0.3 is 0 Å². The van der Waals surface area contributed by atoms with Gasteiger partial charge in [0.05, 0.1) is 12.6 Å². The number of hydrogen-bond donors (Lipinski definition) is 2. The lowest BCUT2D eigenvalue weighted by Crippen LogP contribution is -2.51. The van der Waals surface area contributed by atoms with Gasteiger partial charge in [-0.1, -0.05) is 30.3 Å². The number of nitrogens with zero attached hydrogens (tertiary/aromatic N) is 1. The number of aliphatic hydroxyl groups is 1. The Bertz CT molecular complexity index is 858. The van der Waals surface area contributed by atoms with Crippen LogP contribution >= 0.6 is 0 Å². The lowest BCUT2D eigenvalue weighted by Gasteiger charge is -2.38. The fourth-order valence-corrected chi connectivity index (χ4v) is 3.22. The maximum atomic E-state index is 14.1. The number of methoxy groups -OCH3 is 1. The summed E-state index contributed by atoms with van der Waals surface area (Å²) in [6.45, 7) is 0.00842. The maximum absolute atomic E-state index is 14.1. The number of halogens is 1. The largest absolute Gasteiger partial charge is 0.386 e. The van der Waals surface area contributed by atoms with E-state index in [4.69, 9.17) is 9.47 Å². The Morgan fingerprint density at radius 1 is 1.31 bits per heavy atom. The van der Waals surface area contributed by atoms with Gasteiger partial charge in [-0.05, 0) is 23.8 Å². The Morgan fingerprint density at radius 2 is 2.03 bits per heavy atom. The van der Waals surface area contributed by atoms with E-state index in [-0.39, 0.29) is 38.2 Å². The molecule has 8 heteroatoms. The van der Waals surface area contributed by atoms with Gasteiger partial charge in [0, 0.05) is 24.9 Å². The smallest absolute Gasteiger partial charge is 0.250 e. The number of aliphatic hydroxyl groups excluding tert-OH is 1. The van der Waals surface area contributed by atoms with Crippen LogP contribution in [-0.4, -0.2) is 54.8 Å². The molecule has 0 unspecified atom stereocenters. The minimum atomic E-state index is -1.03. The molecule has 1 fully saturated rings. The zero-order chi connectivity index (χ0) is 20.8. The summed E-state index contributed by atoms with van der Waals surface area (Å²) >= 11 is 0. The molecule has 3 rings (SSSR count). The number of anilines is 1. The summed E-state index contributed by atoms with van der Waals surface area (Å²) in [4.78, 5) is 25.4. The van der Waals surface area contributed by atoms with Gasteiger partial charge in [0.25, 0.3) is 0 Å². The van der Waals surface area contributed by atoms with E-state index in [1.165, 1.54) is 18.1 Å². The van der Waals surface area contributed by atoms with Gasteiger partial charge in [-0.25, -0.2) is 4.39 Å². The second-order valence-corrected chi connectivity index (χ2v) is 6.74. The van der Waals surface area contributed by atoms with Crippen LogP contribution in [0.25, 0.3) is 0 Å². The van der Waals surface area contributed by atoms with Crippen LogP contribution in [0.2, 0.25) is 0 Å². The molecule has 29 heavy (non-hydrogen) atoms. The van der Waals surface area contributed by atoms with Crippen LogP contribution in [-0.2, 0) is 25.6 Å². The second-order valence-electron chi connectivity index (χ2n) is 6.74. The summed E-state index contributed by atoms with van der Waals surface area (Å²) in [7, 11) is 1.43. The highest BCUT2D eigenvalue weighted by atomic mass is 19.1. The van der Waals surface area contributed by atoms with Crippen molar-refractivity contribution in [3.63, 3.8) is 0 Å². The molecule has 154 valence electrons. The third kappa shape index (κ3) is 5.17. The van der Waals surface area contributed by atoms with Crippen molar-refractivity contribution >= 4 is 17.5 Å². The molecule has 2 amide bonds. The number of benzene rings is 2. The monoisotopic (exact) mass is 402 g/mol. The number of amides is 2. The third-order valence-corrected chi connectivity index (χ3v) is 4.71. The van der Waals surface area contributed by atoms with Crippen LogP contribution in [0.4, 0.5) is 10.1 Å². The minimum absolute atomic E-state index is 0.0434. The predicted molar refractivity (Wildman–Crippen MR) is 103 cm³/mol. The molecule has 7 nitrogen and oxygen atoms in total. The molecular formula is C21H23FN2O5. The van der Waals surface area contributed by atoms with Gasteiger partial charge in [-0.15, -0.1) is 0 Å². The van der Waals surface area contributed by atoms with E-state index >= 15 is 0 Å². The first kappa shape index (κ1) is 20.9. The first-order valence-electron chi connectivity index (χ1n) is 9.17. The standard InChI is InChI=1S/C21H23FN2O5/c1-28-12-19(25)23-16-8-6-14(7-9-16)21(27)18-11-29-13-20(26)24(18)10-15-4-2-3-5-17(15)22/h2-9,18,21,27H,10-13H2,1H3,(H,23,25)/t18-,21-/m1/s1. The van der Waals surface area contributed by atoms with Crippen LogP contribution in [0, 0.1) is 5.82 Å². The van der Waals surface area contributed by atoms with Crippen LogP contribution in [0.3, 0.4) is 0 Å². The van der Waals surface area contributed by atoms with Gasteiger partial charge in [0.1, 0.15) is 25.1 Å². The van der Waals surface area contributed by atoms with Gasteiger partial charge < -0.3 is 24.8 Å². The second kappa shape index (κ2) is 9.60. The normalized spacial score (nSPS) is 17.8. The summed E-state index contributed by atoms with van der Waals surface area (Å²) < 4.78 is 24.1. The lowest BCUT2D eigenvalue weighted by molar-refractivity contribution is -0.155. The van der Waals surface area contributed by atoms with Crippen molar-refractivity contribution in [2.24, 2.45) is 0 Å². The molecule has 1 aliphatic heterocycles. The van der Waals surface area contributed by atoms with E-state index < -0.39 is 18.0 Å². The van der Waals surface area contributed by atoms with Crippen LogP contribution < -0.4 is 5.32 Å². The van der Waals surface area contributed by atoms with Crippen molar-refractivity contribution in [1.82, 2.24) is 4.90 Å². The van der Waals surface area contributed by atoms with E-state index in [1.54, 1.807) is 42.5 Å². The number of carbonyl (C=O) groups excluding carboxylic acids is 2. The summed E-state index contributed by atoms with van der Waals surface area (Å²) in [5, 5.41) is 13.5. The van der Waals surface area contributed by atoms with E-state index in [0.717, 1.165) is 0 Å². The van der Waals surface area contributed by atoms with Crippen LogP contribution in [0.1, 0.15) is 17.2 Å². The number of morpholine rings is 1. The predicted octanol–water partition coefficient (Wildman–Crippen LogP) is 1.87. The first-order chi connectivity index (χ1) is 14.0. The topological polar surface area (TPSA) is 88.1 Å². The molecule has 2 aromatic rings. The molecule has 0 bridgehead atoms. The number of carbonyl (C=O) groups is 2. The third-order valence-electron chi connectivity index (χ3n) is 4.71. The van der Waals surface area contributed by atoms with Crippen molar-refractivity contribution in [1.29, 1.82) is 0 Å². The Balaban J connectivity index is 1.75. The number of hydrogen-bond acceptors (Lipinski definition) is 5. The number of rotatable bonds is 7. The lowest BCUT2D eigenvalue weighted by atomic mass is 9.99. The molecule has 1 heterocycles. The molecule has 2 aromatic carbocycles. The summed E-state index contributed by atoms with van der Waals surface area (Å²) in [5.41, 5.74) is 1.48. The summed E-state index contributed by atoms with van der Waals surface area (Å²) in [5.74, 6) is -1.01. The molecule has 0 aromatic heterocycles. The molecule has 2 N–H and O–H groups in total. The van der Waals surface area contributed by atoms with Gasteiger partial charge in [0.15, 0.2) is 0 Å². The average molecular weight is 402 g/mol. The van der Waals surface area contributed by atoms with Crippen molar-refractivity contribution in [2.75, 3.05) is 32.2 Å². The van der Waals surface area contributed by atoms with Crippen LogP contribution in [0.5, 0.6) is 0 Å². The maximum Gasteiger partial charge on any atom is 0.250 e. The zero-order valence-corrected chi connectivity index (χ0v) is 16.0. The fourth-order valence-electron chi connectivity index (χ4n) is 3.22. The first-order valence-corrected chi connectivity index (χ1v) is 9.17. The van der Waals surface area contributed by atoms with Gasteiger partial charge in [-0.2, -0.15) is 0 Å². The molecule has 1 aliphatic rings. The van der Waals surface area contributed by atoms with Crippen molar-refractivity contribution in [2.45, 2.75) is 18.7 Å². The molecular weight excluding hydrogens is 379 g/mol. The fraction of sp³-hybridized carbons (Fsp3) is 0.333. The number of nitrogens with one attached hydrogen (secondary N) is 1. The van der Waals surface area contributed by atoms with E-state index in [2.05, 4.69) is 5.32 Å². The Labute approximate surface area is 168 Å². The molecule has 0 spiro atoms. The highest BCUT2D eigenvalue weighted by Gasteiger charge is 2.35. The van der Waals surface area contributed by atoms with Crippen LogP contribution in [0.15, 0.2) is 48.5 Å². The molecule has 0 aliphatic carbocycles. The Morgan fingerprint density at radius 3 is 2.72 bits per heavy atom. The Kier molecular flexibility index (Phi) is 6.92. The Hall–Kier alpha value is -2.81. The zero-order valence-electron chi connectivity index (χ0n) is 16.0. The van der Waals surface area contributed by atoms with E-state index in [9.17, 15) is 19.1 Å². The van der Waals surface area contributed by atoms with E-state index in [0.29, 0.717) is 16.8 Å². The highest BCUT2D eigenvalue weighted by molar-refractivity contribution is 5.91. The average Bonchev–Trinajstić information content (AvgIpc) is 2.71. The molecule has 0 saturated carbocycles. The van der Waals surface area contributed by atoms with Gasteiger partial charge in [-0.3, -0.25) is 9.59 Å². The van der Waals surface area contributed by atoms with Crippen molar-refractivity contribution < 1.29 is 28.6 Å².